The number of para-hydroxylation sites is 1. The highest BCUT2D eigenvalue weighted by atomic mass is 16.5. The molecule has 3 atom stereocenters. The predicted octanol–water partition coefficient (Wildman–Crippen LogP) is 1.85. The van der Waals surface area contributed by atoms with Crippen LogP contribution >= 0.6 is 0 Å². The van der Waals surface area contributed by atoms with Crippen LogP contribution in [-0.4, -0.2) is 52.9 Å². The lowest BCUT2D eigenvalue weighted by atomic mass is 9.82. The van der Waals surface area contributed by atoms with Gasteiger partial charge in [-0.15, -0.1) is 0 Å². The van der Waals surface area contributed by atoms with Crippen molar-refractivity contribution in [2.45, 2.75) is 31.8 Å². The largest absolute Gasteiger partial charge is 0.496 e. The van der Waals surface area contributed by atoms with E-state index in [0.29, 0.717) is 32.7 Å². The molecule has 4 heterocycles. The molecule has 2 amide bonds. The number of carbonyl (C=O) groups excluding carboxylic acids is 2. The molecule has 2 fully saturated rings. The minimum Gasteiger partial charge on any atom is -0.496 e. The number of fused-ring (bicyclic) bond motifs is 4. The first kappa shape index (κ1) is 19.8. The topological polar surface area (TPSA) is 71.8 Å². The third-order valence-electron chi connectivity index (χ3n) is 6.91. The van der Waals surface area contributed by atoms with Crippen LogP contribution in [0.2, 0.25) is 0 Å². The third-order valence-corrected chi connectivity index (χ3v) is 6.91. The van der Waals surface area contributed by atoms with Crippen LogP contribution in [0.25, 0.3) is 0 Å². The number of piperidine rings is 1. The normalized spacial score (nSPS) is 24.8. The Bertz CT molecular complexity index is 1080. The molecule has 2 saturated heterocycles. The molecule has 3 aliphatic rings. The number of methoxy groups -OCH3 is 1. The molecule has 31 heavy (non-hydrogen) atoms. The van der Waals surface area contributed by atoms with Crippen LogP contribution in [0.1, 0.15) is 30.0 Å². The zero-order valence-electron chi connectivity index (χ0n) is 17.7. The molecule has 162 valence electrons. The van der Waals surface area contributed by atoms with Crippen molar-refractivity contribution in [1.82, 2.24) is 14.4 Å². The molecule has 2 bridgehead atoms. The zero-order chi connectivity index (χ0) is 21.5. The number of hydrogen-bond acceptors (Lipinski definition) is 4. The Balaban J connectivity index is 1.28. The van der Waals surface area contributed by atoms with Gasteiger partial charge in [0.05, 0.1) is 13.0 Å². The summed E-state index contributed by atoms with van der Waals surface area (Å²) < 4.78 is 7.27. The van der Waals surface area contributed by atoms with Crippen LogP contribution in [0, 0.1) is 11.8 Å². The zero-order valence-corrected chi connectivity index (χ0v) is 17.7. The highest BCUT2D eigenvalue weighted by Gasteiger charge is 2.41. The maximum atomic E-state index is 13.3. The molecule has 3 aliphatic heterocycles. The second-order valence-corrected chi connectivity index (χ2v) is 8.93. The number of likely N-dealkylation sites (tertiary alicyclic amines) is 2. The molecule has 0 aliphatic carbocycles. The van der Waals surface area contributed by atoms with Gasteiger partial charge in [-0.1, -0.05) is 24.3 Å². The first-order valence-electron chi connectivity index (χ1n) is 10.9. The van der Waals surface area contributed by atoms with Crippen molar-refractivity contribution in [2.24, 2.45) is 11.8 Å². The number of amides is 2. The van der Waals surface area contributed by atoms with E-state index in [1.807, 2.05) is 39.8 Å². The number of pyridine rings is 1. The van der Waals surface area contributed by atoms with Gasteiger partial charge in [-0.25, -0.2) is 0 Å². The van der Waals surface area contributed by atoms with E-state index < -0.39 is 0 Å². The second-order valence-electron chi connectivity index (χ2n) is 8.93. The molecule has 0 N–H and O–H groups in total. The Labute approximate surface area is 181 Å². The number of aromatic nitrogens is 1. The second kappa shape index (κ2) is 7.87. The molecule has 7 nitrogen and oxygen atoms in total. The van der Waals surface area contributed by atoms with E-state index >= 15 is 0 Å². The van der Waals surface area contributed by atoms with Crippen molar-refractivity contribution in [3.63, 3.8) is 0 Å². The van der Waals surface area contributed by atoms with E-state index in [0.717, 1.165) is 23.4 Å². The molecule has 0 saturated carbocycles. The maximum Gasteiger partial charge on any atom is 0.250 e. The van der Waals surface area contributed by atoms with Gasteiger partial charge in [0.2, 0.25) is 11.8 Å². The molecule has 0 spiro atoms. The third kappa shape index (κ3) is 3.62. The van der Waals surface area contributed by atoms with Gasteiger partial charge >= 0.3 is 0 Å². The van der Waals surface area contributed by atoms with E-state index in [1.54, 1.807) is 24.1 Å². The van der Waals surface area contributed by atoms with E-state index in [1.165, 1.54) is 0 Å². The number of ether oxygens (including phenoxy) is 1. The maximum absolute atomic E-state index is 13.3. The number of hydrogen-bond donors (Lipinski definition) is 0. The number of rotatable bonds is 4. The van der Waals surface area contributed by atoms with Gasteiger partial charge < -0.3 is 19.1 Å². The molecule has 2 aromatic rings. The molecule has 0 radical (unpaired) electrons. The van der Waals surface area contributed by atoms with Crippen LogP contribution in [0.5, 0.6) is 5.75 Å². The van der Waals surface area contributed by atoms with Gasteiger partial charge in [-0.2, -0.15) is 0 Å². The molecular formula is C24H27N3O4. The van der Waals surface area contributed by atoms with Crippen LogP contribution in [-0.2, 0) is 22.7 Å². The van der Waals surface area contributed by atoms with Gasteiger partial charge in [-0.05, 0) is 24.5 Å². The lowest BCUT2D eigenvalue weighted by Crippen LogP contribution is -2.50. The van der Waals surface area contributed by atoms with Crippen molar-refractivity contribution in [2.75, 3.05) is 26.7 Å². The van der Waals surface area contributed by atoms with E-state index in [-0.39, 0.29) is 41.5 Å². The molecule has 7 heteroatoms. The van der Waals surface area contributed by atoms with E-state index in [2.05, 4.69) is 0 Å². The molecule has 1 aromatic carbocycles. The van der Waals surface area contributed by atoms with Crippen LogP contribution < -0.4 is 10.3 Å². The quantitative estimate of drug-likeness (QED) is 0.756. The summed E-state index contributed by atoms with van der Waals surface area (Å²) in [6.07, 6.45) is 1.27. The lowest BCUT2D eigenvalue weighted by molar-refractivity contribution is -0.138. The van der Waals surface area contributed by atoms with Gasteiger partial charge in [0.15, 0.2) is 0 Å². The van der Waals surface area contributed by atoms with Gasteiger partial charge in [-0.3, -0.25) is 14.4 Å². The van der Waals surface area contributed by atoms with Gasteiger partial charge in [0, 0.05) is 62.4 Å². The number of benzene rings is 1. The molecular weight excluding hydrogens is 394 g/mol. The summed E-state index contributed by atoms with van der Waals surface area (Å²) in [5, 5.41) is 0. The highest BCUT2D eigenvalue weighted by molar-refractivity contribution is 5.89. The van der Waals surface area contributed by atoms with Crippen LogP contribution in [0.15, 0.2) is 47.3 Å². The fourth-order valence-corrected chi connectivity index (χ4v) is 5.46. The first-order chi connectivity index (χ1) is 15.0. The molecule has 5 rings (SSSR count). The monoisotopic (exact) mass is 421 g/mol. The highest BCUT2D eigenvalue weighted by Crippen LogP contribution is 2.36. The van der Waals surface area contributed by atoms with Crippen molar-refractivity contribution >= 4 is 11.8 Å². The van der Waals surface area contributed by atoms with Gasteiger partial charge in [0.25, 0.3) is 5.56 Å². The summed E-state index contributed by atoms with van der Waals surface area (Å²) in [7, 11) is 1.62. The fourth-order valence-electron chi connectivity index (χ4n) is 5.46. The Morgan fingerprint density at radius 3 is 2.71 bits per heavy atom. The standard InChI is InChI=1S/C24H27N3O4/c1-31-21-7-3-2-5-17(21)13-25-15-19(10-23(25)29)24(30)26-11-16-9-18(14-26)20-6-4-8-22(28)27(20)12-16/h2-8,16,18-19H,9-15H2,1H3/t16-,18+,19?/m1/s1. The smallest absolute Gasteiger partial charge is 0.250 e. The molecule has 1 unspecified atom stereocenters. The van der Waals surface area contributed by atoms with E-state index in [4.69, 9.17) is 4.74 Å². The van der Waals surface area contributed by atoms with Crippen molar-refractivity contribution in [3.05, 3.63) is 64.1 Å². The average molecular weight is 421 g/mol. The summed E-state index contributed by atoms with van der Waals surface area (Å²) in [4.78, 5) is 41.9. The van der Waals surface area contributed by atoms with Crippen LogP contribution in [0.4, 0.5) is 0 Å². The Hall–Kier alpha value is -3.09. The van der Waals surface area contributed by atoms with Crippen molar-refractivity contribution in [1.29, 1.82) is 0 Å². The summed E-state index contributed by atoms with van der Waals surface area (Å²) in [5.74, 6) is 1.00. The predicted molar refractivity (Wildman–Crippen MR) is 115 cm³/mol. The Kier molecular flexibility index (Phi) is 5.04. The minimum absolute atomic E-state index is 0.0124. The average Bonchev–Trinajstić information content (AvgIpc) is 3.14. The Morgan fingerprint density at radius 2 is 1.87 bits per heavy atom. The van der Waals surface area contributed by atoms with Crippen molar-refractivity contribution < 1.29 is 14.3 Å². The van der Waals surface area contributed by atoms with Crippen molar-refractivity contribution in [3.8, 4) is 5.75 Å². The Morgan fingerprint density at radius 1 is 1.03 bits per heavy atom. The summed E-state index contributed by atoms with van der Waals surface area (Å²) in [6, 6.07) is 13.1. The minimum atomic E-state index is -0.306. The number of carbonyl (C=O) groups is 2. The number of nitrogens with zero attached hydrogens (tertiary/aromatic N) is 3. The SMILES string of the molecule is COc1ccccc1CN1CC(C(=O)N2C[C@H]3C[C@@H](C2)c2cccc(=O)n2C3)CC1=O. The summed E-state index contributed by atoms with van der Waals surface area (Å²) >= 11 is 0. The lowest BCUT2D eigenvalue weighted by Gasteiger charge is -2.43. The molecule has 1 aromatic heterocycles. The first-order valence-corrected chi connectivity index (χ1v) is 10.9. The van der Waals surface area contributed by atoms with Crippen LogP contribution in [0.3, 0.4) is 0 Å². The summed E-state index contributed by atoms with van der Waals surface area (Å²) in [5.41, 5.74) is 2.02. The van der Waals surface area contributed by atoms with Gasteiger partial charge in [0.1, 0.15) is 5.75 Å². The fraction of sp³-hybridized carbons (Fsp3) is 0.458. The summed E-state index contributed by atoms with van der Waals surface area (Å²) in [6.45, 7) is 2.84. The van der Waals surface area contributed by atoms with E-state index in [9.17, 15) is 14.4 Å².